The minimum absolute atomic E-state index is 0.0317. The van der Waals surface area contributed by atoms with Crippen molar-refractivity contribution in [2.75, 3.05) is 24.3 Å². The first-order valence-corrected chi connectivity index (χ1v) is 8.54. The Morgan fingerprint density at radius 2 is 1.75 bits per heavy atom. The van der Waals surface area contributed by atoms with Gasteiger partial charge in [-0.15, -0.1) is 11.8 Å². The van der Waals surface area contributed by atoms with Crippen LogP contribution in [0.5, 0.6) is 11.5 Å². The van der Waals surface area contributed by atoms with Gasteiger partial charge in [-0.25, -0.2) is 0 Å². The molecule has 0 saturated carbocycles. The van der Waals surface area contributed by atoms with E-state index in [9.17, 15) is 9.59 Å². The molecule has 0 spiro atoms. The number of carbonyl (C=O) groups is 2. The predicted molar refractivity (Wildman–Crippen MR) is 93.2 cm³/mol. The van der Waals surface area contributed by atoms with Crippen LogP contribution in [0, 0.1) is 0 Å². The monoisotopic (exact) mass is 343 g/mol. The first kappa shape index (κ1) is 16.4. The van der Waals surface area contributed by atoms with E-state index < -0.39 is 0 Å². The Bertz CT molecular complexity index is 758. The molecule has 1 heterocycles. The topological polar surface area (TPSA) is 64.6 Å². The van der Waals surface area contributed by atoms with Crippen LogP contribution in [-0.2, 0) is 4.79 Å². The molecule has 24 heavy (non-hydrogen) atoms. The van der Waals surface area contributed by atoms with Gasteiger partial charge in [-0.1, -0.05) is 0 Å². The van der Waals surface area contributed by atoms with E-state index in [-0.39, 0.29) is 11.7 Å². The van der Waals surface area contributed by atoms with Gasteiger partial charge in [0.2, 0.25) is 5.91 Å². The zero-order chi connectivity index (χ0) is 16.9. The van der Waals surface area contributed by atoms with E-state index in [1.165, 1.54) is 18.7 Å². The molecule has 5 nitrogen and oxygen atoms in total. The quantitative estimate of drug-likeness (QED) is 0.666. The Morgan fingerprint density at radius 3 is 2.46 bits per heavy atom. The fraction of sp³-hybridized carbons (Fsp3) is 0.222. The number of ketones is 1. The maximum Gasteiger partial charge on any atom is 0.221 e. The molecule has 2 aromatic rings. The van der Waals surface area contributed by atoms with E-state index in [0.717, 1.165) is 16.4 Å². The number of carbonyl (C=O) groups excluding carboxylic acids is 2. The molecule has 0 bridgehead atoms. The van der Waals surface area contributed by atoms with Crippen LogP contribution < -0.4 is 14.8 Å². The molecule has 0 aliphatic carbocycles. The highest BCUT2D eigenvalue weighted by Crippen LogP contribution is 2.34. The summed E-state index contributed by atoms with van der Waals surface area (Å²) in [6.07, 6.45) is 0. The number of anilines is 1. The van der Waals surface area contributed by atoms with Crippen molar-refractivity contribution in [2.24, 2.45) is 0 Å². The third-order valence-corrected chi connectivity index (χ3v) is 4.40. The number of ether oxygens (including phenoxy) is 2. The summed E-state index contributed by atoms with van der Waals surface area (Å²) in [5.41, 5.74) is 1.30. The SMILES string of the molecule is CC(=O)Nc1ccc(C(=O)CSc2ccc3c(c2)OCCO3)cc1. The molecule has 124 valence electrons. The normalized spacial score (nSPS) is 12.5. The Kier molecular flexibility index (Phi) is 5.05. The van der Waals surface area contributed by atoms with E-state index in [0.29, 0.717) is 30.2 Å². The first-order chi connectivity index (χ1) is 11.6. The van der Waals surface area contributed by atoms with Gasteiger partial charge in [0.1, 0.15) is 13.2 Å². The first-order valence-electron chi connectivity index (χ1n) is 7.55. The van der Waals surface area contributed by atoms with E-state index in [2.05, 4.69) is 5.32 Å². The number of nitrogens with one attached hydrogen (secondary N) is 1. The van der Waals surface area contributed by atoms with Crippen LogP contribution in [0.15, 0.2) is 47.4 Å². The molecule has 2 aromatic carbocycles. The highest BCUT2D eigenvalue weighted by molar-refractivity contribution is 8.00. The molecule has 0 unspecified atom stereocenters. The standard InChI is InChI=1S/C18H17NO4S/c1-12(20)19-14-4-2-13(3-5-14)16(21)11-24-15-6-7-17-18(10-15)23-9-8-22-17/h2-7,10H,8-9,11H2,1H3,(H,19,20). The Hall–Kier alpha value is -2.47. The molecule has 0 atom stereocenters. The second-order valence-electron chi connectivity index (χ2n) is 5.28. The molecule has 0 radical (unpaired) electrons. The summed E-state index contributed by atoms with van der Waals surface area (Å²) in [7, 11) is 0. The lowest BCUT2D eigenvalue weighted by Gasteiger charge is -2.18. The van der Waals surface area contributed by atoms with Crippen molar-refractivity contribution in [3.63, 3.8) is 0 Å². The summed E-state index contributed by atoms with van der Waals surface area (Å²) < 4.78 is 11.0. The Labute approximate surface area is 144 Å². The molecule has 1 aliphatic rings. The molecule has 0 saturated heterocycles. The zero-order valence-corrected chi connectivity index (χ0v) is 14.0. The molecular weight excluding hydrogens is 326 g/mol. The van der Waals surface area contributed by atoms with Gasteiger partial charge >= 0.3 is 0 Å². The summed E-state index contributed by atoms with van der Waals surface area (Å²) in [4.78, 5) is 24.2. The van der Waals surface area contributed by atoms with Gasteiger partial charge < -0.3 is 14.8 Å². The van der Waals surface area contributed by atoms with Gasteiger partial charge in [0, 0.05) is 23.1 Å². The number of amides is 1. The van der Waals surface area contributed by atoms with Crippen LogP contribution in [0.25, 0.3) is 0 Å². The maximum absolute atomic E-state index is 12.3. The van der Waals surface area contributed by atoms with E-state index in [1.54, 1.807) is 24.3 Å². The third-order valence-electron chi connectivity index (χ3n) is 3.41. The van der Waals surface area contributed by atoms with Crippen LogP contribution in [0.4, 0.5) is 5.69 Å². The number of rotatable bonds is 5. The average molecular weight is 343 g/mol. The van der Waals surface area contributed by atoms with E-state index in [4.69, 9.17) is 9.47 Å². The summed E-state index contributed by atoms with van der Waals surface area (Å²) in [5, 5.41) is 2.68. The van der Waals surface area contributed by atoms with Crippen LogP contribution in [0.3, 0.4) is 0 Å². The fourth-order valence-corrected chi connectivity index (χ4v) is 3.11. The van der Waals surface area contributed by atoms with Crippen molar-refractivity contribution in [2.45, 2.75) is 11.8 Å². The van der Waals surface area contributed by atoms with Gasteiger partial charge in [0.25, 0.3) is 0 Å². The molecule has 3 rings (SSSR count). The second kappa shape index (κ2) is 7.40. The zero-order valence-electron chi connectivity index (χ0n) is 13.2. The smallest absolute Gasteiger partial charge is 0.221 e. The lowest BCUT2D eigenvalue weighted by atomic mass is 10.1. The van der Waals surface area contributed by atoms with E-state index in [1.807, 2.05) is 18.2 Å². The Morgan fingerprint density at radius 1 is 1.04 bits per heavy atom. The molecule has 1 amide bonds. The minimum atomic E-state index is -0.136. The third kappa shape index (κ3) is 4.08. The number of hydrogen-bond donors (Lipinski definition) is 1. The van der Waals surface area contributed by atoms with Crippen LogP contribution in [0.2, 0.25) is 0 Å². The van der Waals surface area contributed by atoms with Gasteiger partial charge in [-0.2, -0.15) is 0 Å². The van der Waals surface area contributed by atoms with Crippen molar-refractivity contribution in [3.05, 3.63) is 48.0 Å². The van der Waals surface area contributed by atoms with Crippen molar-refractivity contribution in [1.82, 2.24) is 0 Å². The summed E-state index contributed by atoms with van der Waals surface area (Å²) in [5.74, 6) is 1.69. The number of hydrogen-bond acceptors (Lipinski definition) is 5. The molecule has 0 fully saturated rings. The molecule has 6 heteroatoms. The number of thioether (sulfide) groups is 1. The highest BCUT2D eigenvalue weighted by Gasteiger charge is 2.13. The summed E-state index contributed by atoms with van der Waals surface area (Å²) in [6, 6.07) is 12.6. The van der Waals surface area contributed by atoms with Crippen molar-refractivity contribution in [1.29, 1.82) is 0 Å². The van der Waals surface area contributed by atoms with Crippen LogP contribution >= 0.6 is 11.8 Å². The van der Waals surface area contributed by atoms with E-state index >= 15 is 0 Å². The second-order valence-corrected chi connectivity index (χ2v) is 6.32. The van der Waals surface area contributed by atoms with Gasteiger partial charge in [0.05, 0.1) is 5.75 Å². The summed E-state index contributed by atoms with van der Waals surface area (Å²) in [6.45, 7) is 2.55. The predicted octanol–water partition coefficient (Wildman–Crippen LogP) is 3.39. The highest BCUT2D eigenvalue weighted by atomic mass is 32.2. The largest absolute Gasteiger partial charge is 0.486 e. The fourth-order valence-electron chi connectivity index (χ4n) is 2.29. The van der Waals surface area contributed by atoms with Crippen molar-refractivity contribution >= 4 is 29.1 Å². The molecule has 1 aliphatic heterocycles. The van der Waals surface area contributed by atoms with Gasteiger partial charge in [0.15, 0.2) is 17.3 Å². The van der Waals surface area contributed by atoms with Gasteiger partial charge in [-0.3, -0.25) is 9.59 Å². The number of Topliss-reactive ketones (excluding diaryl/α,β-unsaturated/α-hetero) is 1. The van der Waals surface area contributed by atoms with Crippen molar-refractivity contribution < 1.29 is 19.1 Å². The molecular formula is C18H17NO4S. The molecule has 1 N–H and O–H groups in total. The Balaban J connectivity index is 1.60. The van der Waals surface area contributed by atoms with Crippen LogP contribution in [-0.4, -0.2) is 30.7 Å². The number of fused-ring (bicyclic) bond motifs is 1. The lowest BCUT2D eigenvalue weighted by molar-refractivity contribution is -0.114. The minimum Gasteiger partial charge on any atom is -0.486 e. The summed E-state index contributed by atoms with van der Waals surface area (Å²) >= 11 is 1.46. The van der Waals surface area contributed by atoms with Crippen molar-refractivity contribution in [3.8, 4) is 11.5 Å². The lowest BCUT2D eigenvalue weighted by Crippen LogP contribution is -2.15. The maximum atomic E-state index is 12.3. The van der Waals surface area contributed by atoms with Gasteiger partial charge in [-0.05, 0) is 42.5 Å². The van der Waals surface area contributed by atoms with Crippen LogP contribution in [0.1, 0.15) is 17.3 Å². The number of benzene rings is 2. The average Bonchev–Trinajstić information content (AvgIpc) is 2.59. The molecule has 0 aromatic heterocycles.